The lowest BCUT2D eigenvalue weighted by Gasteiger charge is -2.29. The summed E-state index contributed by atoms with van der Waals surface area (Å²) in [6.07, 6.45) is 4.03. The molecule has 0 saturated heterocycles. The smallest absolute Gasteiger partial charge is 0.262 e. The van der Waals surface area contributed by atoms with Crippen molar-refractivity contribution >= 4 is 17.3 Å². The van der Waals surface area contributed by atoms with Crippen LogP contribution < -0.4 is 10.7 Å². The number of allylic oxidation sites excluding steroid dienone is 2. The van der Waals surface area contributed by atoms with E-state index in [2.05, 4.69) is 42.7 Å². The molecule has 0 bridgehead atoms. The molecule has 2 N–H and O–H groups in total. The van der Waals surface area contributed by atoms with Gasteiger partial charge in [0.2, 0.25) is 0 Å². The fraction of sp³-hybridized carbons (Fsp3) is 0.500. The third-order valence-corrected chi connectivity index (χ3v) is 4.38. The highest BCUT2D eigenvalue weighted by molar-refractivity contribution is 5.97. The van der Waals surface area contributed by atoms with E-state index in [9.17, 15) is 4.79 Å². The Morgan fingerprint density at radius 1 is 1.17 bits per heavy atom. The first-order valence-corrected chi connectivity index (χ1v) is 8.54. The lowest BCUT2D eigenvalue weighted by Crippen LogP contribution is -2.36. The minimum absolute atomic E-state index is 0.125. The van der Waals surface area contributed by atoms with Crippen LogP contribution in [0.3, 0.4) is 0 Å². The number of anilines is 1. The molecule has 0 aromatic heterocycles. The molecule has 1 aromatic carbocycles. The number of para-hydroxylation sites is 1. The Hall–Kier alpha value is -2.10. The van der Waals surface area contributed by atoms with Crippen LogP contribution in [0.4, 0.5) is 5.69 Å². The average molecular weight is 327 g/mol. The second kappa shape index (κ2) is 7.20. The molecular weight excluding hydrogens is 298 g/mol. The molecule has 0 heterocycles. The summed E-state index contributed by atoms with van der Waals surface area (Å²) in [7, 11) is 0. The van der Waals surface area contributed by atoms with Gasteiger partial charge in [-0.3, -0.25) is 4.79 Å². The van der Waals surface area contributed by atoms with E-state index in [1.165, 1.54) is 5.57 Å². The number of benzene rings is 1. The highest BCUT2D eigenvalue weighted by Gasteiger charge is 2.25. The van der Waals surface area contributed by atoms with Gasteiger partial charge in [-0.05, 0) is 63.2 Å². The molecule has 1 aliphatic rings. The van der Waals surface area contributed by atoms with Crippen LogP contribution >= 0.6 is 0 Å². The SMILES string of the molecule is CC1=C/C(=N\NC(=O)[C@H](C)Nc2c(C)cccc2C)CC(C)(C)C1. The molecule has 0 saturated carbocycles. The first-order chi connectivity index (χ1) is 11.2. The summed E-state index contributed by atoms with van der Waals surface area (Å²) in [5.41, 5.74) is 8.44. The van der Waals surface area contributed by atoms with E-state index in [1.54, 1.807) is 0 Å². The molecular formula is C20H29N3O. The summed E-state index contributed by atoms with van der Waals surface area (Å²) in [5, 5.41) is 7.63. The molecule has 1 aromatic rings. The Bertz CT molecular complexity index is 666. The third kappa shape index (κ3) is 4.70. The maximum atomic E-state index is 12.4. The maximum absolute atomic E-state index is 12.4. The van der Waals surface area contributed by atoms with Crippen LogP contribution in [-0.2, 0) is 4.79 Å². The van der Waals surface area contributed by atoms with Gasteiger partial charge in [0.25, 0.3) is 5.91 Å². The van der Waals surface area contributed by atoms with E-state index >= 15 is 0 Å². The van der Waals surface area contributed by atoms with Gasteiger partial charge < -0.3 is 5.32 Å². The van der Waals surface area contributed by atoms with Crippen LogP contribution in [0.1, 0.15) is 51.7 Å². The van der Waals surface area contributed by atoms with Crippen molar-refractivity contribution in [1.82, 2.24) is 5.43 Å². The standard InChI is InChI=1S/C20H29N3O/c1-13-10-17(12-20(5,6)11-13)22-23-19(24)16(4)21-18-14(2)8-7-9-15(18)3/h7-10,16,21H,11-12H2,1-6H3,(H,23,24)/b22-17+/t16-/m0/s1. The van der Waals surface area contributed by atoms with Gasteiger partial charge in [0.15, 0.2) is 0 Å². The molecule has 1 amide bonds. The zero-order chi connectivity index (χ0) is 17.9. The van der Waals surface area contributed by atoms with Gasteiger partial charge in [0.05, 0.1) is 5.71 Å². The van der Waals surface area contributed by atoms with Crippen molar-refractivity contribution in [3.05, 3.63) is 41.0 Å². The van der Waals surface area contributed by atoms with Crippen LogP contribution in [0.25, 0.3) is 0 Å². The number of nitrogens with zero attached hydrogens (tertiary/aromatic N) is 1. The second-order valence-corrected chi connectivity index (χ2v) is 7.72. The van der Waals surface area contributed by atoms with Crippen LogP contribution in [0.2, 0.25) is 0 Å². The minimum atomic E-state index is -0.351. The van der Waals surface area contributed by atoms with Crippen LogP contribution in [0.15, 0.2) is 34.9 Å². The Labute approximate surface area is 145 Å². The van der Waals surface area contributed by atoms with Gasteiger partial charge in [-0.1, -0.05) is 37.6 Å². The summed E-state index contributed by atoms with van der Waals surface area (Å²) in [6, 6.07) is 5.75. The Kier molecular flexibility index (Phi) is 5.47. The lowest BCUT2D eigenvalue weighted by molar-refractivity contribution is -0.121. The van der Waals surface area contributed by atoms with Crippen molar-refractivity contribution in [2.45, 2.75) is 60.4 Å². The van der Waals surface area contributed by atoms with Gasteiger partial charge in [-0.2, -0.15) is 5.10 Å². The first kappa shape index (κ1) is 18.2. The number of aryl methyl sites for hydroxylation is 2. The molecule has 0 aliphatic heterocycles. The quantitative estimate of drug-likeness (QED) is 0.808. The molecule has 0 fully saturated rings. The van der Waals surface area contributed by atoms with Gasteiger partial charge in [0.1, 0.15) is 6.04 Å². The van der Waals surface area contributed by atoms with Crippen molar-refractivity contribution < 1.29 is 4.79 Å². The largest absolute Gasteiger partial charge is 0.373 e. The number of rotatable bonds is 4. The molecule has 0 spiro atoms. The number of carbonyl (C=O) groups is 1. The van der Waals surface area contributed by atoms with Crippen LogP contribution in [0.5, 0.6) is 0 Å². The fourth-order valence-electron chi connectivity index (χ4n) is 3.31. The Balaban J connectivity index is 2.02. The molecule has 4 heteroatoms. The average Bonchev–Trinajstić information content (AvgIpc) is 2.46. The number of hydrogen-bond donors (Lipinski definition) is 2. The first-order valence-electron chi connectivity index (χ1n) is 8.54. The van der Waals surface area contributed by atoms with Gasteiger partial charge in [-0.15, -0.1) is 0 Å². The van der Waals surface area contributed by atoms with E-state index in [0.29, 0.717) is 0 Å². The minimum Gasteiger partial charge on any atom is -0.373 e. The van der Waals surface area contributed by atoms with E-state index in [1.807, 2.05) is 39.0 Å². The number of amides is 1. The third-order valence-electron chi connectivity index (χ3n) is 4.38. The van der Waals surface area contributed by atoms with Crippen molar-refractivity contribution in [2.24, 2.45) is 10.5 Å². The monoisotopic (exact) mass is 327 g/mol. The summed E-state index contributed by atoms with van der Waals surface area (Å²) in [6.45, 7) is 12.5. The van der Waals surface area contributed by atoms with E-state index in [4.69, 9.17) is 0 Å². The highest BCUT2D eigenvalue weighted by atomic mass is 16.2. The van der Waals surface area contributed by atoms with Crippen molar-refractivity contribution in [3.63, 3.8) is 0 Å². The van der Waals surface area contributed by atoms with Crippen molar-refractivity contribution in [2.75, 3.05) is 5.32 Å². The fourth-order valence-corrected chi connectivity index (χ4v) is 3.31. The predicted molar refractivity (Wildman–Crippen MR) is 101 cm³/mol. The lowest BCUT2D eigenvalue weighted by atomic mass is 9.77. The zero-order valence-corrected chi connectivity index (χ0v) is 15.7. The van der Waals surface area contributed by atoms with Gasteiger partial charge in [0, 0.05) is 5.69 Å². The molecule has 2 rings (SSSR count). The second-order valence-electron chi connectivity index (χ2n) is 7.72. The molecule has 1 aliphatic carbocycles. The number of hydrazone groups is 1. The normalized spacial score (nSPS) is 19.6. The molecule has 0 unspecified atom stereocenters. The zero-order valence-electron chi connectivity index (χ0n) is 15.7. The van der Waals surface area contributed by atoms with Crippen LogP contribution in [-0.4, -0.2) is 17.7 Å². The molecule has 1 atom stereocenters. The molecule has 4 nitrogen and oxygen atoms in total. The number of nitrogens with one attached hydrogen (secondary N) is 2. The van der Waals surface area contributed by atoms with E-state index in [0.717, 1.165) is 35.4 Å². The maximum Gasteiger partial charge on any atom is 0.262 e. The van der Waals surface area contributed by atoms with Crippen molar-refractivity contribution in [1.29, 1.82) is 0 Å². The van der Waals surface area contributed by atoms with E-state index in [-0.39, 0.29) is 17.4 Å². The summed E-state index contributed by atoms with van der Waals surface area (Å²) >= 11 is 0. The highest BCUT2D eigenvalue weighted by Crippen LogP contribution is 2.33. The van der Waals surface area contributed by atoms with Gasteiger partial charge in [-0.25, -0.2) is 5.43 Å². The molecule has 24 heavy (non-hydrogen) atoms. The molecule has 130 valence electrons. The van der Waals surface area contributed by atoms with Crippen molar-refractivity contribution in [3.8, 4) is 0 Å². The Morgan fingerprint density at radius 2 is 1.79 bits per heavy atom. The summed E-state index contributed by atoms with van der Waals surface area (Å²) in [4.78, 5) is 12.4. The number of carbonyl (C=O) groups excluding carboxylic acids is 1. The van der Waals surface area contributed by atoms with Crippen LogP contribution in [0, 0.1) is 19.3 Å². The summed E-state index contributed by atoms with van der Waals surface area (Å²) < 4.78 is 0. The Morgan fingerprint density at radius 3 is 2.38 bits per heavy atom. The summed E-state index contributed by atoms with van der Waals surface area (Å²) in [5.74, 6) is -0.125. The molecule has 0 radical (unpaired) electrons. The topological polar surface area (TPSA) is 53.5 Å². The van der Waals surface area contributed by atoms with Gasteiger partial charge >= 0.3 is 0 Å². The predicted octanol–water partition coefficient (Wildman–Crippen LogP) is 4.34. The van der Waals surface area contributed by atoms with E-state index < -0.39 is 0 Å². The number of hydrogen-bond acceptors (Lipinski definition) is 3.